The predicted molar refractivity (Wildman–Crippen MR) is 59.4 cm³/mol. The van der Waals surface area contributed by atoms with Gasteiger partial charge in [0.05, 0.1) is 5.92 Å². The molecule has 0 saturated carbocycles. The molecule has 1 atom stereocenters. The number of rotatable bonds is 1. The fourth-order valence-corrected chi connectivity index (χ4v) is 2.17. The third-order valence-corrected chi connectivity index (χ3v) is 3.39. The van der Waals surface area contributed by atoms with Crippen LogP contribution in [0.2, 0.25) is 0 Å². The minimum absolute atomic E-state index is 0.0447. The van der Waals surface area contributed by atoms with Gasteiger partial charge in [-0.2, -0.15) is 13.2 Å². The zero-order valence-electron chi connectivity index (χ0n) is 9.29. The van der Waals surface area contributed by atoms with Gasteiger partial charge in [-0.15, -0.1) is 5.10 Å². The molecule has 0 spiro atoms. The van der Waals surface area contributed by atoms with Gasteiger partial charge in [0.1, 0.15) is 0 Å². The van der Waals surface area contributed by atoms with E-state index in [9.17, 15) is 13.2 Å². The van der Waals surface area contributed by atoms with Crippen LogP contribution in [0.1, 0.15) is 12.8 Å². The van der Waals surface area contributed by atoms with Crippen molar-refractivity contribution >= 4 is 18.2 Å². The lowest BCUT2D eigenvalue weighted by Crippen LogP contribution is -2.42. The van der Waals surface area contributed by atoms with Crippen molar-refractivity contribution < 1.29 is 13.2 Å². The second-order valence-corrected chi connectivity index (χ2v) is 4.60. The quantitative estimate of drug-likeness (QED) is 0.792. The second kappa shape index (κ2) is 4.32. The van der Waals surface area contributed by atoms with E-state index in [1.807, 2.05) is 0 Å². The predicted octanol–water partition coefficient (Wildman–Crippen LogP) is 2.26. The summed E-state index contributed by atoms with van der Waals surface area (Å²) in [5, 5.41) is 6.54. The van der Waals surface area contributed by atoms with Crippen molar-refractivity contribution in [2.45, 2.75) is 19.0 Å². The molecule has 1 unspecified atom stereocenters. The van der Waals surface area contributed by atoms with Crippen LogP contribution in [0.4, 0.5) is 19.1 Å². The van der Waals surface area contributed by atoms with Gasteiger partial charge in [-0.25, -0.2) is 5.10 Å². The van der Waals surface area contributed by atoms with Gasteiger partial charge in [-0.1, -0.05) is 0 Å². The van der Waals surface area contributed by atoms with Gasteiger partial charge >= 0.3 is 6.18 Å². The number of hydrogen-bond donors (Lipinski definition) is 1. The van der Waals surface area contributed by atoms with Gasteiger partial charge in [0.2, 0.25) is 5.95 Å². The van der Waals surface area contributed by atoms with E-state index in [1.54, 1.807) is 16.5 Å². The lowest BCUT2D eigenvalue weighted by atomic mass is 9.98. The molecule has 2 rings (SSSR count). The summed E-state index contributed by atoms with van der Waals surface area (Å²) in [5.41, 5.74) is 0. The van der Waals surface area contributed by atoms with E-state index in [2.05, 4.69) is 10.2 Å². The molecule has 1 aromatic rings. The van der Waals surface area contributed by atoms with Crippen LogP contribution in [0.15, 0.2) is 0 Å². The van der Waals surface area contributed by atoms with Crippen molar-refractivity contribution in [3.8, 4) is 0 Å². The molecule has 0 aromatic carbocycles. The standard InChI is InChI=1S/C9H13F3N4S/c1-15-7(13-14-8(15)17)16-4-2-3-6(5-16)9(10,11)12/h6H,2-5H2,1H3,(H,14,17). The number of halogens is 3. The summed E-state index contributed by atoms with van der Waals surface area (Å²) in [6.45, 7) is 0.539. The van der Waals surface area contributed by atoms with Crippen molar-refractivity contribution in [3.05, 3.63) is 4.77 Å². The number of nitrogens with zero attached hydrogens (tertiary/aromatic N) is 3. The fraction of sp³-hybridized carbons (Fsp3) is 0.778. The number of piperidine rings is 1. The Morgan fingerprint density at radius 1 is 1.47 bits per heavy atom. The Bertz CT molecular complexity index is 450. The molecule has 4 nitrogen and oxygen atoms in total. The highest BCUT2D eigenvalue weighted by Gasteiger charge is 2.42. The number of hydrogen-bond acceptors (Lipinski definition) is 3. The average molecular weight is 266 g/mol. The van der Waals surface area contributed by atoms with Gasteiger partial charge in [-0.05, 0) is 25.1 Å². The van der Waals surface area contributed by atoms with Crippen LogP contribution < -0.4 is 4.90 Å². The molecule has 8 heteroatoms. The van der Waals surface area contributed by atoms with E-state index in [4.69, 9.17) is 12.2 Å². The van der Waals surface area contributed by atoms with E-state index in [-0.39, 0.29) is 13.0 Å². The summed E-state index contributed by atoms with van der Waals surface area (Å²) in [5.74, 6) is -0.800. The molecular formula is C9H13F3N4S. The Morgan fingerprint density at radius 2 is 2.18 bits per heavy atom. The van der Waals surface area contributed by atoms with Crippen molar-refractivity contribution in [3.63, 3.8) is 0 Å². The average Bonchev–Trinajstić information content (AvgIpc) is 2.59. The summed E-state index contributed by atoms with van der Waals surface area (Å²) in [6.07, 6.45) is -3.43. The number of alkyl halides is 3. The molecule has 0 aliphatic carbocycles. The van der Waals surface area contributed by atoms with E-state index in [0.717, 1.165) is 0 Å². The van der Waals surface area contributed by atoms with Gasteiger partial charge in [-0.3, -0.25) is 4.57 Å². The second-order valence-electron chi connectivity index (χ2n) is 4.21. The van der Waals surface area contributed by atoms with Crippen LogP contribution in [0.5, 0.6) is 0 Å². The molecule has 1 N–H and O–H groups in total. The van der Waals surface area contributed by atoms with Crippen LogP contribution in [0, 0.1) is 10.7 Å². The number of H-pyrrole nitrogens is 1. The monoisotopic (exact) mass is 266 g/mol. The first kappa shape index (κ1) is 12.4. The summed E-state index contributed by atoms with van der Waals surface area (Å²) in [4.78, 5) is 1.63. The SMILES string of the molecule is Cn1c(N2CCCC(C(F)(F)F)C2)n[nH]c1=S. The van der Waals surface area contributed by atoms with Crippen molar-refractivity contribution in [1.29, 1.82) is 0 Å². The smallest absolute Gasteiger partial charge is 0.340 e. The Morgan fingerprint density at radius 3 is 2.71 bits per heavy atom. The van der Waals surface area contributed by atoms with Gasteiger partial charge in [0.25, 0.3) is 0 Å². The lowest BCUT2D eigenvalue weighted by molar-refractivity contribution is -0.176. The normalized spacial score (nSPS) is 21.9. The molecule has 0 radical (unpaired) electrons. The van der Waals surface area contributed by atoms with E-state index in [1.165, 1.54) is 0 Å². The van der Waals surface area contributed by atoms with E-state index >= 15 is 0 Å². The van der Waals surface area contributed by atoms with E-state index in [0.29, 0.717) is 23.7 Å². The van der Waals surface area contributed by atoms with Gasteiger partial charge < -0.3 is 4.90 Å². The summed E-state index contributed by atoms with van der Waals surface area (Å²) in [7, 11) is 1.69. The van der Waals surface area contributed by atoms with Crippen LogP contribution in [-0.2, 0) is 7.05 Å². The van der Waals surface area contributed by atoms with Crippen LogP contribution in [0.3, 0.4) is 0 Å². The first-order chi connectivity index (χ1) is 7.89. The largest absolute Gasteiger partial charge is 0.393 e. The highest BCUT2D eigenvalue weighted by atomic mass is 32.1. The number of anilines is 1. The zero-order valence-corrected chi connectivity index (χ0v) is 10.1. The molecule has 1 aromatic heterocycles. The maximum absolute atomic E-state index is 12.7. The molecule has 17 heavy (non-hydrogen) atoms. The molecule has 96 valence electrons. The summed E-state index contributed by atoms with van der Waals surface area (Å²) < 4.78 is 40.0. The fourth-order valence-electron chi connectivity index (χ4n) is 2.05. The Balaban J connectivity index is 2.18. The molecule has 1 aliphatic rings. The molecule has 1 saturated heterocycles. The van der Waals surface area contributed by atoms with E-state index < -0.39 is 12.1 Å². The molecule has 0 amide bonds. The Hall–Kier alpha value is -1.05. The molecule has 0 bridgehead atoms. The maximum atomic E-state index is 12.7. The Kier molecular flexibility index (Phi) is 3.15. The van der Waals surface area contributed by atoms with Crippen LogP contribution in [0.25, 0.3) is 0 Å². The minimum Gasteiger partial charge on any atom is -0.340 e. The van der Waals surface area contributed by atoms with Gasteiger partial charge in [0, 0.05) is 20.1 Å². The minimum atomic E-state index is -4.13. The summed E-state index contributed by atoms with van der Waals surface area (Å²) >= 11 is 4.94. The number of nitrogens with one attached hydrogen (secondary N) is 1. The third kappa shape index (κ3) is 2.46. The molecule has 2 heterocycles. The Labute approximate surface area is 101 Å². The first-order valence-corrected chi connectivity index (χ1v) is 5.73. The van der Waals surface area contributed by atoms with Crippen molar-refractivity contribution in [2.24, 2.45) is 13.0 Å². The number of aromatic nitrogens is 3. The van der Waals surface area contributed by atoms with Crippen molar-refractivity contribution in [2.75, 3.05) is 18.0 Å². The molecule has 1 fully saturated rings. The number of aromatic amines is 1. The maximum Gasteiger partial charge on any atom is 0.393 e. The topological polar surface area (TPSA) is 36.9 Å². The van der Waals surface area contributed by atoms with Crippen LogP contribution in [-0.4, -0.2) is 34.0 Å². The van der Waals surface area contributed by atoms with Crippen molar-refractivity contribution in [1.82, 2.24) is 14.8 Å². The highest BCUT2D eigenvalue weighted by molar-refractivity contribution is 7.71. The van der Waals surface area contributed by atoms with Crippen LogP contribution >= 0.6 is 12.2 Å². The third-order valence-electron chi connectivity index (χ3n) is 3.02. The lowest BCUT2D eigenvalue weighted by Gasteiger charge is -2.33. The zero-order chi connectivity index (χ0) is 12.6. The summed E-state index contributed by atoms with van der Waals surface area (Å²) in [6, 6.07) is 0. The molecule has 1 aliphatic heterocycles. The first-order valence-electron chi connectivity index (χ1n) is 5.32. The molecular weight excluding hydrogens is 253 g/mol. The van der Waals surface area contributed by atoms with Gasteiger partial charge in [0.15, 0.2) is 4.77 Å². The highest BCUT2D eigenvalue weighted by Crippen LogP contribution is 2.34.